The van der Waals surface area contributed by atoms with Crippen LogP contribution in [0.25, 0.3) is 0 Å². The summed E-state index contributed by atoms with van der Waals surface area (Å²) < 4.78 is 4.98. The standard InChI is InChI=1S/C11H15NO3.CH3/c1-7(13)10(12)11(14)8-3-5-9(15-2)6-4-8;/h3-6,10-11,14H,12H2,1-2H3;1H3/q;-1/t10-,11-;/m1./s1. The van der Waals surface area contributed by atoms with Crippen molar-refractivity contribution in [1.29, 1.82) is 0 Å². The van der Waals surface area contributed by atoms with Gasteiger partial charge in [0, 0.05) is 0 Å². The van der Waals surface area contributed by atoms with E-state index in [2.05, 4.69) is 0 Å². The number of ketones is 1. The Labute approximate surface area is 96.0 Å². The highest BCUT2D eigenvalue weighted by Gasteiger charge is 2.20. The fraction of sp³-hybridized carbons (Fsp3) is 0.333. The molecule has 1 rings (SSSR count). The van der Waals surface area contributed by atoms with E-state index < -0.39 is 12.1 Å². The molecule has 0 saturated carbocycles. The number of Topliss-reactive ketones (excluding diaryl/α,β-unsaturated/α-hetero) is 1. The molecule has 0 saturated heterocycles. The molecule has 0 unspecified atom stereocenters. The van der Waals surface area contributed by atoms with Crippen LogP contribution >= 0.6 is 0 Å². The highest BCUT2D eigenvalue weighted by atomic mass is 16.5. The van der Waals surface area contributed by atoms with E-state index in [-0.39, 0.29) is 13.2 Å². The van der Waals surface area contributed by atoms with E-state index in [1.165, 1.54) is 6.92 Å². The average Bonchev–Trinajstić information content (AvgIpc) is 2.27. The quantitative estimate of drug-likeness (QED) is 0.751. The van der Waals surface area contributed by atoms with Crippen LogP contribution in [-0.4, -0.2) is 24.0 Å². The van der Waals surface area contributed by atoms with Crippen LogP contribution in [0.1, 0.15) is 18.6 Å². The Morgan fingerprint density at radius 1 is 1.38 bits per heavy atom. The summed E-state index contributed by atoms with van der Waals surface area (Å²) >= 11 is 0. The second-order valence-corrected chi connectivity index (χ2v) is 3.35. The molecule has 0 amide bonds. The Bertz CT molecular complexity index is 335. The molecule has 2 atom stereocenters. The molecule has 4 nitrogen and oxygen atoms in total. The van der Waals surface area contributed by atoms with E-state index in [0.717, 1.165) is 0 Å². The number of aliphatic hydroxyl groups excluding tert-OH is 1. The van der Waals surface area contributed by atoms with Crippen LogP contribution < -0.4 is 10.5 Å². The first kappa shape index (κ1) is 14.6. The van der Waals surface area contributed by atoms with Gasteiger partial charge in [-0.2, -0.15) is 0 Å². The number of benzene rings is 1. The molecule has 3 N–H and O–H groups in total. The Morgan fingerprint density at radius 2 is 1.88 bits per heavy atom. The second kappa shape index (κ2) is 6.25. The molecule has 0 fully saturated rings. The van der Waals surface area contributed by atoms with Crippen LogP contribution in [0.2, 0.25) is 0 Å². The van der Waals surface area contributed by atoms with Crippen LogP contribution in [0.4, 0.5) is 0 Å². The maximum Gasteiger partial charge on any atom is 0.149 e. The predicted octanol–water partition coefficient (Wildman–Crippen LogP) is 1.10. The Kier molecular flexibility index (Phi) is 5.71. The van der Waals surface area contributed by atoms with Gasteiger partial charge in [0.15, 0.2) is 0 Å². The molecule has 0 radical (unpaired) electrons. The molecule has 0 aliphatic heterocycles. The lowest BCUT2D eigenvalue weighted by Gasteiger charge is -2.16. The molecule has 0 heterocycles. The fourth-order valence-electron chi connectivity index (χ4n) is 1.23. The number of hydrogen-bond acceptors (Lipinski definition) is 4. The number of methoxy groups -OCH3 is 1. The second-order valence-electron chi connectivity index (χ2n) is 3.35. The van der Waals surface area contributed by atoms with Gasteiger partial charge in [-0.05, 0) is 24.6 Å². The van der Waals surface area contributed by atoms with Gasteiger partial charge < -0.3 is 23.0 Å². The highest BCUT2D eigenvalue weighted by Crippen LogP contribution is 2.19. The van der Waals surface area contributed by atoms with E-state index in [4.69, 9.17) is 10.5 Å². The van der Waals surface area contributed by atoms with Gasteiger partial charge >= 0.3 is 0 Å². The molecule has 1 aromatic carbocycles. The zero-order valence-electron chi connectivity index (χ0n) is 9.81. The normalized spacial score (nSPS) is 13.5. The minimum Gasteiger partial charge on any atom is -0.497 e. The number of rotatable bonds is 4. The monoisotopic (exact) mass is 224 g/mol. The van der Waals surface area contributed by atoms with Crippen molar-refractivity contribution >= 4 is 5.78 Å². The van der Waals surface area contributed by atoms with Crippen LogP contribution in [-0.2, 0) is 4.79 Å². The number of aliphatic hydroxyl groups is 1. The van der Waals surface area contributed by atoms with Crippen molar-refractivity contribution in [3.05, 3.63) is 37.3 Å². The Balaban J connectivity index is 0.00000225. The van der Waals surface area contributed by atoms with Crippen molar-refractivity contribution < 1.29 is 14.6 Å². The van der Waals surface area contributed by atoms with Crippen molar-refractivity contribution in [2.24, 2.45) is 5.73 Å². The first-order chi connectivity index (χ1) is 7.06. The Morgan fingerprint density at radius 3 is 2.25 bits per heavy atom. The first-order valence-corrected chi connectivity index (χ1v) is 4.64. The van der Waals surface area contributed by atoms with Crippen molar-refractivity contribution in [3.8, 4) is 5.75 Å². The molecule has 4 heteroatoms. The molecule has 1 aromatic rings. The summed E-state index contributed by atoms with van der Waals surface area (Å²) in [6.45, 7) is 1.36. The zero-order valence-corrected chi connectivity index (χ0v) is 9.81. The first-order valence-electron chi connectivity index (χ1n) is 4.64. The highest BCUT2D eigenvalue weighted by molar-refractivity contribution is 5.82. The van der Waals surface area contributed by atoms with Gasteiger partial charge in [-0.3, -0.25) is 4.79 Å². The molecule has 90 valence electrons. The molecule has 0 spiro atoms. The topological polar surface area (TPSA) is 72.6 Å². The maximum atomic E-state index is 11.0. The molecule has 0 bridgehead atoms. The lowest BCUT2D eigenvalue weighted by atomic mass is 10.0. The van der Waals surface area contributed by atoms with Gasteiger partial charge in [-0.25, -0.2) is 0 Å². The largest absolute Gasteiger partial charge is 0.497 e. The summed E-state index contributed by atoms with van der Waals surface area (Å²) in [5.74, 6) is 0.459. The van der Waals surface area contributed by atoms with Gasteiger partial charge in [-0.15, -0.1) is 0 Å². The predicted molar refractivity (Wildman–Crippen MR) is 63.0 cm³/mol. The van der Waals surface area contributed by atoms with Crippen molar-refractivity contribution in [2.45, 2.75) is 19.1 Å². The number of nitrogens with two attached hydrogens (primary N) is 1. The number of carbonyl (C=O) groups excluding carboxylic acids is 1. The van der Waals surface area contributed by atoms with Gasteiger partial charge in [0.25, 0.3) is 0 Å². The molecule has 0 aromatic heterocycles. The Hall–Kier alpha value is -1.39. The van der Waals surface area contributed by atoms with Crippen LogP contribution in [0.5, 0.6) is 5.75 Å². The molecule has 0 aliphatic rings. The summed E-state index contributed by atoms with van der Waals surface area (Å²) in [5, 5.41) is 9.74. The molecule has 16 heavy (non-hydrogen) atoms. The molecule has 0 aliphatic carbocycles. The SMILES string of the molecule is COc1ccc([C@@H](O)[C@H](N)C(C)=O)cc1.[CH3-]. The third-order valence-corrected chi connectivity index (χ3v) is 2.27. The van der Waals surface area contributed by atoms with Gasteiger partial charge in [0.2, 0.25) is 0 Å². The van der Waals surface area contributed by atoms with Crippen LogP contribution in [0, 0.1) is 7.43 Å². The lowest BCUT2D eigenvalue weighted by Crippen LogP contribution is -2.35. The van der Waals surface area contributed by atoms with E-state index >= 15 is 0 Å². The summed E-state index contributed by atoms with van der Waals surface area (Å²) in [7, 11) is 1.56. The van der Waals surface area contributed by atoms with E-state index in [1.54, 1.807) is 31.4 Å². The summed E-state index contributed by atoms with van der Waals surface area (Å²) in [6, 6.07) is 5.92. The molecular formula is C12H18NO3-. The smallest absolute Gasteiger partial charge is 0.149 e. The van der Waals surface area contributed by atoms with Gasteiger partial charge in [-0.1, -0.05) is 12.1 Å². The van der Waals surface area contributed by atoms with Crippen LogP contribution in [0.15, 0.2) is 24.3 Å². The lowest BCUT2D eigenvalue weighted by molar-refractivity contribution is -0.120. The zero-order chi connectivity index (χ0) is 11.4. The van der Waals surface area contributed by atoms with Gasteiger partial charge in [0.05, 0.1) is 13.2 Å². The summed E-state index contributed by atoms with van der Waals surface area (Å²) in [4.78, 5) is 11.0. The van der Waals surface area contributed by atoms with Crippen molar-refractivity contribution in [3.63, 3.8) is 0 Å². The number of hydrogen-bond donors (Lipinski definition) is 2. The minimum atomic E-state index is -0.964. The van der Waals surface area contributed by atoms with Crippen molar-refractivity contribution in [2.75, 3.05) is 7.11 Å². The fourth-order valence-corrected chi connectivity index (χ4v) is 1.23. The minimum absolute atomic E-state index is 0. The third kappa shape index (κ3) is 3.32. The van der Waals surface area contributed by atoms with Gasteiger partial charge in [0.1, 0.15) is 17.6 Å². The van der Waals surface area contributed by atoms with E-state index in [9.17, 15) is 9.90 Å². The maximum absolute atomic E-state index is 11.0. The molecular weight excluding hydrogens is 206 g/mol. The van der Waals surface area contributed by atoms with E-state index in [0.29, 0.717) is 11.3 Å². The summed E-state index contributed by atoms with van der Waals surface area (Å²) in [6.07, 6.45) is -0.964. The third-order valence-electron chi connectivity index (χ3n) is 2.27. The van der Waals surface area contributed by atoms with Crippen LogP contribution in [0.3, 0.4) is 0 Å². The number of ether oxygens (including phenoxy) is 1. The van der Waals surface area contributed by atoms with E-state index in [1.807, 2.05) is 0 Å². The number of carbonyl (C=O) groups is 1. The summed E-state index contributed by atoms with van der Waals surface area (Å²) in [5.41, 5.74) is 6.14. The average molecular weight is 224 g/mol. The van der Waals surface area contributed by atoms with Crippen molar-refractivity contribution in [1.82, 2.24) is 0 Å².